The number of nitrogens with one attached hydrogen (secondary N) is 1. The van der Waals surface area contributed by atoms with Crippen LogP contribution in [0.3, 0.4) is 0 Å². The number of benzene rings is 2. The predicted molar refractivity (Wildman–Crippen MR) is 95.4 cm³/mol. The van der Waals surface area contributed by atoms with Gasteiger partial charge in [0.2, 0.25) is 0 Å². The van der Waals surface area contributed by atoms with Crippen molar-refractivity contribution in [3.8, 4) is 11.1 Å². The molecule has 1 heterocycles. The van der Waals surface area contributed by atoms with E-state index in [0.717, 1.165) is 0 Å². The molecule has 0 fully saturated rings. The highest BCUT2D eigenvalue weighted by Crippen LogP contribution is 2.37. The van der Waals surface area contributed by atoms with Gasteiger partial charge in [-0.1, -0.05) is 23.4 Å². The van der Waals surface area contributed by atoms with Crippen LogP contribution < -0.4 is 11.1 Å². The summed E-state index contributed by atoms with van der Waals surface area (Å²) in [4.78, 5) is 10.7. The average molecular weight is 375 g/mol. The highest BCUT2D eigenvalue weighted by molar-refractivity contribution is 5.98. The number of carbonyl (C=O) groups is 1. The minimum atomic E-state index is -1.24. The van der Waals surface area contributed by atoms with Crippen molar-refractivity contribution < 1.29 is 28.3 Å². The predicted octanol–water partition coefficient (Wildman–Crippen LogP) is 3.28. The Bertz CT molecular complexity index is 985. The Morgan fingerprint density at radius 2 is 2.07 bits per heavy atom. The first kappa shape index (κ1) is 18.6. The van der Waals surface area contributed by atoms with Crippen molar-refractivity contribution in [2.75, 3.05) is 20.0 Å². The van der Waals surface area contributed by atoms with Crippen LogP contribution in [0.1, 0.15) is 17.4 Å². The van der Waals surface area contributed by atoms with E-state index in [1.54, 1.807) is 24.3 Å². The maximum atomic E-state index is 15.1. The third-order valence-electron chi connectivity index (χ3n) is 4.12. The van der Waals surface area contributed by atoms with E-state index in [1.165, 1.54) is 20.3 Å². The van der Waals surface area contributed by atoms with Crippen molar-refractivity contribution in [2.45, 2.75) is 12.8 Å². The van der Waals surface area contributed by atoms with Gasteiger partial charge in [-0.2, -0.15) is 0 Å². The molecule has 0 spiro atoms. The maximum absolute atomic E-state index is 15.1. The summed E-state index contributed by atoms with van der Waals surface area (Å²) in [7, 11) is 2.96. The van der Waals surface area contributed by atoms with Crippen LogP contribution in [0.2, 0.25) is 0 Å². The molecule has 0 atom stereocenters. The van der Waals surface area contributed by atoms with Crippen LogP contribution in [0, 0.1) is 5.82 Å². The van der Waals surface area contributed by atoms with Gasteiger partial charge in [0.25, 0.3) is 0 Å². The van der Waals surface area contributed by atoms with E-state index in [-0.39, 0.29) is 23.5 Å². The van der Waals surface area contributed by atoms with E-state index < -0.39 is 18.2 Å². The van der Waals surface area contributed by atoms with Crippen LogP contribution in [0.5, 0.6) is 0 Å². The van der Waals surface area contributed by atoms with Gasteiger partial charge in [0.1, 0.15) is 5.82 Å². The van der Waals surface area contributed by atoms with Crippen LogP contribution in [-0.4, -0.2) is 30.6 Å². The Balaban J connectivity index is 2.19. The number of ether oxygens (including phenoxy) is 2. The summed E-state index contributed by atoms with van der Waals surface area (Å²) in [6, 6.07) is 8.05. The van der Waals surface area contributed by atoms with Crippen molar-refractivity contribution in [1.82, 2.24) is 10.5 Å². The number of nitrogen functional groups attached to an aromatic ring is 1. The third kappa shape index (κ3) is 3.55. The molecule has 3 aromatic rings. The number of amides is 1. The van der Waals surface area contributed by atoms with Gasteiger partial charge in [0.05, 0.1) is 5.39 Å². The van der Waals surface area contributed by atoms with Gasteiger partial charge in [-0.25, -0.2) is 9.18 Å². The lowest BCUT2D eigenvalue weighted by molar-refractivity contribution is -0.105. The Labute approximate surface area is 153 Å². The van der Waals surface area contributed by atoms with Gasteiger partial charge in [0.15, 0.2) is 17.7 Å². The van der Waals surface area contributed by atoms with Crippen molar-refractivity contribution in [3.05, 3.63) is 47.3 Å². The van der Waals surface area contributed by atoms with E-state index in [0.29, 0.717) is 22.1 Å². The standard InChI is InChI=1S/C18H18FN3O5/c1-25-17(26-2)10-6-12(15-13(7-10)16(20)22-27-15)11-5-3-4-9(14(11)19)8-21-18(23)24/h3-7,17,21H,8H2,1-2H3,(H2,20,22)(H,23,24). The quantitative estimate of drug-likeness (QED) is 0.566. The summed E-state index contributed by atoms with van der Waals surface area (Å²) < 4.78 is 30.9. The van der Waals surface area contributed by atoms with E-state index in [4.69, 9.17) is 24.8 Å². The molecular formula is C18H18FN3O5. The van der Waals surface area contributed by atoms with Crippen molar-refractivity contribution in [1.29, 1.82) is 0 Å². The normalized spacial score (nSPS) is 11.3. The number of carboxylic acid groups (broad SMARTS) is 1. The number of rotatable bonds is 6. The van der Waals surface area contributed by atoms with E-state index >= 15 is 4.39 Å². The molecule has 0 aliphatic rings. The summed E-state index contributed by atoms with van der Waals surface area (Å²) in [6.45, 7) is -0.171. The Morgan fingerprint density at radius 1 is 1.33 bits per heavy atom. The number of anilines is 1. The SMILES string of the molecule is COC(OC)c1cc(-c2cccc(CNC(=O)O)c2F)c2onc(N)c2c1. The molecule has 0 aliphatic carbocycles. The number of hydrogen-bond donors (Lipinski definition) is 3. The first-order chi connectivity index (χ1) is 13.0. The molecule has 1 amide bonds. The molecule has 0 unspecified atom stereocenters. The van der Waals surface area contributed by atoms with Gasteiger partial charge in [-0.3, -0.25) is 0 Å². The highest BCUT2D eigenvalue weighted by atomic mass is 19.1. The monoisotopic (exact) mass is 375 g/mol. The molecule has 4 N–H and O–H groups in total. The van der Waals surface area contributed by atoms with E-state index in [9.17, 15) is 4.79 Å². The lowest BCUT2D eigenvalue weighted by atomic mass is 9.97. The Morgan fingerprint density at radius 3 is 2.74 bits per heavy atom. The van der Waals surface area contributed by atoms with Gasteiger partial charge >= 0.3 is 6.09 Å². The number of aromatic nitrogens is 1. The number of methoxy groups -OCH3 is 2. The topological polar surface area (TPSA) is 120 Å². The molecular weight excluding hydrogens is 357 g/mol. The summed E-state index contributed by atoms with van der Waals surface area (Å²) in [5.74, 6) is -0.422. The smallest absolute Gasteiger partial charge is 0.404 e. The van der Waals surface area contributed by atoms with Gasteiger partial charge in [0, 0.05) is 43.0 Å². The number of halogens is 1. The molecule has 9 heteroatoms. The zero-order valence-electron chi connectivity index (χ0n) is 14.7. The largest absolute Gasteiger partial charge is 0.465 e. The van der Waals surface area contributed by atoms with Crippen LogP contribution in [0.15, 0.2) is 34.9 Å². The zero-order chi connectivity index (χ0) is 19.6. The molecule has 0 radical (unpaired) electrons. The zero-order valence-corrected chi connectivity index (χ0v) is 14.7. The first-order valence-electron chi connectivity index (χ1n) is 7.95. The molecule has 27 heavy (non-hydrogen) atoms. The minimum absolute atomic E-state index is 0.156. The Hall–Kier alpha value is -3.17. The summed E-state index contributed by atoms with van der Waals surface area (Å²) >= 11 is 0. The third-order valence-corrected chi connectivity index (χ3v) is 4.12. The molecule has 142 valence electrons. The van der Waals surface area contributed by atoms with Gasteiger partial charge in [-0.15, -0.1) is 0 Å². The second-order valence-electron chi connectivity index (χ2n) is 5.75. The summed E-state index contributed by atoms with van der Waals surface area (Å²) in [5.41, 5.74) is 7.59. The van der Waals surface area contributed by atoms with Crippen LogP contribution >= 0.6 is 0 Å². The van der Waals surface area contributed by atoms with Crippen molar-refractivity contribution in [2.24, 2.45) is 0 Å². The van der Waals surface area contributed by atoms with E-state index in [2.05, 4.69) is 10.5 Å². The van der Waals surface area contributed by atoms with Crippen LogP contribution in [-0.2, 0) is 16.0 Å². The number of nitrogens with two attached hydrogens (primary N) is 1. The van der Waals surface area contributed by atoms with Gasteiger partial charge < -0.3 is 30.2 Å². The Kier molecular flexibility index (Phi) is 5.24. The fraction of sp³-hybridized carbons (Fsp3) is 0.222. The fourth-order valence-corrected chi connectivity index (χ4v) is 2.88. The van der Waals surface area contributed by atoms with Crippen LogP contribution in [0.4, 0.5) is 15.0 Å². The average Bonchev–Trinajstić information content (AvgIpc) is 3.02. The molecule has 1 aromatic heterocycles. The number of nitrogens with zero attached hydrogens (tertiary/aromatic N) is 1. The molecule has 0 aliphatic heterocycles. The maximum Gasteiger partial charge on any atom is 0.404 e. The number of fused-ring (bicyclic) bond motifs is 1. The molecule has 2 aromatic carbocycles. The summed E-state index contributed by atoms with van der Waals surface area (Å²) in [6.07, 6.45) is -1.93. The highest BCUT2D eigenvalue weighted by Gasteiger charge is 2.21. The molecule has 0 saturated heterocycles. The first-order valence-corrected chi connectivity index (χ1v) is 7.95. The van der Waals surface area contributed by atoms with Gasteiger partial charge in [-0.05, 0) is 12.1 Å². The molecule has 8 nitrogen and oxygen atoms in total. The second kappa shape index (κ2) is 7.60. The molecule has 3 rings (SSSR count). The van der Waals surface area contributed by atoms with Crippen LogP contribution in [0.25, 0.3) is 22.1 Å². The molecule has 0 bridgehead atoms. The minimum Gasteiger partial charge on any atom is -0.465 e. The van der Waals surface area contributed by atoms with E-state index in [1.807, 2.05) is 0 Å². The molecule has 0 saturated carbocycles. The van der Waals surface area contributed by atoms with Crippen molar-refractivity contribution >= 4 is 22.9 Å². The van der Waals surface area contributed by atoms with Crippen molar-refractivity contribution in [3.63, 3.8) is 0 Å². The lowest BCUT2D eigenvalue weighted by Crippen LogP contribution is -2.20. The number of hydrogen-bond acceptors (Lipinski definition) is 6. The lowest BCUT2D eigenvalue weighted by Gasteiger charge is -2.16. The summed E-state index contributed by atoms with van der Waals surface area (Å²) in [5, 5.41) is 15.2. The second-order valence-corrected chi connectivity index (χ2v) is 5.75. The fourth-order valence-electron chi connectivity index (χ4n) is 2.88.